The van der Waals surface area contributed by atoms with Gasteiger partial charge in [0.25, 0.3) is 11.8 Å². The Hall–Kier alpha value is -3.22. The number of ether oxygens (including phenoxy) is 1. The molecule has 2 amide bonds. The fraction of sp³-hybridized carbons (Fsp3) is 0.286. The first-order chi connectivity index (χ1) is 13.4. The molecule has 7 heteroatoms. The molecule has 146 valence electrons. The van der Waals surface area contributed by atoms with E-state index in [1.54, 1.807) is 30.3 Å². The van der Waals surface area contributed by atoms with Gasteiger partial charge in [-0.05, 0) is 44.0 Å². The molecule has 0 spiro atoms. The van der Waals surface area contributed by atoms with Crippen LogP contribution in [0.3, 0.4) is 0 Å². The van der Waals surface area contributed by atoms with E-state index >= 15 is 0 Å². The standard InChI is InChI=1S/C21H21FN2O4/c1-13(23-19(25)15-5-3-2-4-6-15)21(27)28-18(20(26)24-17-11-12-17)14-7-9-16(22)10-8-14/h2-10,13,17-18H,11-12H2,1H3,(H,23,25)(H,24,26)/t13-,18?/m0/s1. The van der Waals surface area contributed by atoms with Crippen LogP contribution in [-0.4, -0.2) is 29.9 Å². The lowest BCUT2D eigenvalue weighted by atomic mass is 10.1. The van der Waals surface area contributed by atoms with Gasteiger partial charge >= 0.3 is 5.97 Å². The summed E-state index contributed by atoms with van der Waals surface area (Å²) in [5.74, 6) is -2.11. The van der Waals surface area contributed by atoms with Crippen molar-refractivity contribution < 1.29 is 23.5 Å². The Morgan fingerprint density at radius 1 is 1.04 bits per heavy atom. The molecule has 1 saturated carbocycles. The first-order valence-electron chi connectivity index (χ1n) is 9.06. The van der Waals surface area contributed by atoms with E-state index in [4.69, 9.17) is 4.74 Å². The quantitative estimate of drug-likeness (QED) is 0.719. The van der Waals surface area contributed by atoms with Crippen molar-refractivity contribution >= 4 is 17.8 Å². The van der Waals surface area contributed by atoms with E-state index < -0.39 is 35.7 Å². The van der Waals surface area contributed by atoms with E-state index in [1.165, 1.54) is 31.2 Å². The van der Waals surface area contributed by atoms with Gasteiger partial charge in [0.15, 0.2) is 0 Å². The highest BCUT2D eigenvalue weighted by atomic mass is 19.1. The first kappa shape index (κ1) is 19.5. The molecule has 1 unspecified atom stereocenters. The summed E-state index contributed by atoms with van der Waals surface area (Å²) in [6, 6.07) is 12.7. The van der Waals surface area contributed by atoms with Crippen molar-refractivity contribution in [3.63, 3.8) is 0 Å². The molecule has 2 aromatic carbocycles. The molecule has 0 radical (unpaired) electrons. The molecule has 1 fully saturated rings. The van der Waals surface area contributed by atoms with Crippen molar-refractivity contribution in [2.75, 3.05) is 0 Å². The zero-order chi connectivity index (χ0) is 20.1. The number of hydrogen-bond donors (Lipinski definition) is 2. The van der Waals surface area contributed by atoms with Gasteiger partial charge in [0.2, 0.25) is 6.10 Å². The Morgan fingerprint density at radius 3 is 2.29 bits per heavy atom. The van der Waals surface area contributed by atoms with Gasteiger partial charge in [-0.2, -0.15) is 0 Å². The van der Waals surface area contributed by atoms with Gasteiger partial charge in [0, 0.05) is 17.2 Å². The summed E-state index contributed by atoms with van der Waals surface area (Å²) in [6.45, 7) is 1.48. The van der Waals surface area contributed by atoms with Gasteiger partial charge in [0.1, 0.15) is 11.9 Å². The molecule has 3 rings (SSSR count). The summed E-state index contributed by atoms with van der Waals surface area (Å²) >= 11 is 0. The fourth-order valence-electron chi connectivity index (χ4n) is 2.56. The number of rotatable bonds is 7. The van der Waals surface area contributed by atoms with Gasteiger partial charge in [-0.1, -0.05) is 30.3 Å². The maximum absolute atomic E-state index is 13.2. The van der Waals surface area contributed by atoms with Crippen LogP contribution in [0.2, 0.25) is 0 Å². The van der Waals surface area contributed by atoms with E-state index in [1.807, 2.05) is 0 Å². The molecule has 0 aliphatic heterocycles. The second kappa shape index (κ2) is 8.65. The molecule has 6 nitrogen and oxygen atoms in total. The average molecular weight is 384 g/mol. The molecule has 1 aliphatic rings. The Labute approximate surface area is 162 Å². The lowest BCUT2D eigenvalue weighted by Crippen LogP contribution is -2.42. The van der Waals surface area contributed by atoms with E-state index in [0.29, 0.717) is 11.1 Å². The minimum absolute atomic E-state index is 0.0735. The number of halogens is 1. The van der Waals surface area contributed by atoms with Crippen LogP contribution in [0.15, 0.2) is 54.6 Å². The predicted octanol–water partition coefficient (Wildman–Crippen LogP) is 2.51. The first-order valence-corrected chi connectivity index (χ1v) is 9.06. The van der Waals surface area contributed by atoms with Gasteiger partial charge in [0.05, 0.1) is 0 Å². The van der Waals surface area contributed by atoms with Crippen LogP contribution in [-0.2, 0) is 14.3 Å². The number of esters is 1. The van der Waals surface area contributed by atoms with Crippen molar-refractivity contribution in [3.05, 3.63) is 71.5 Å². The van der Waals surface area contributed by atoms with Crippen LogP contribution in [0.1, 0.15) is 41.8 Å². The molecule has 1 aliphatic carbocycles. The van der Waals surface area contributed by atoms with Crippen LogP contribution in [0.4, 0.5) is 4.39 Å². The highest BCUT2D eigenvalue weighted by molar-refractivity contribution is 5.97. The number of hydrogen-bond acceptors (Lipinski definition) is 4. The highest BCUT2D eigenvalue weighted by Crippen LogP contribution is 2.24. The maximum atomic E-state index is 13.2. The molecule has 0 saturated heterocycles. The monoisotopic (exact) mass is 384 g/mol. The molecule has 2 atom stereocenters. The third-order valence-corrected chi connectivity index (χ3v) is 4.31. The molecule has 28 heavy (non-hydrogen) atoms. The Kier molecular flexibility index (Phi) is 6.03. The minimum Gasteiger partial charge on any atom is -0.446 e. The van der Waals surface area contributed by atoms with Gasteiger partial charge in [-0.25, -0.2) is 9.18 Å². The normalized spacial score (nSPS) is 15.2. The molecule has 2 N–H and O–H groups in total. The minimum atomic E-state index is -1.22. The summed E-state index contributed by atoms with van der Waals surface area (Å²) < 4.78 is 18.6. The molecular weight excluding hydrogens is 363 g/mol. The zero-order valence-electron chi connectivity index (χ0n) is 15.4. The number of carbonyl (C=O) groups excluding carboxylic acids is 3. The van der Waals surface area contributed by atoms with Crippen molar-refractivity contribution in [2.24, 2.45) is 0 Å². The molecule has 0 bridgehead atoms. The second-order valence-electron chi connectivity index (χ2n) is 6.71. The lowest BCUT2D eigenvalue weighted by Gasteiger charge is -2.21. The Morgan fingerprint density at radius 2 is 1.68 bits per heavy atom. The van der Waals surface area contributed by atoms with E-state index in [-0.39, 0.29) is 6.04 Å². The number of amides is 2. The van der Waals surface area contributed by atoms with E-state index in [2.05, 4.69) is 10.6 Å². The summed E-state index contributed by atoms with van der Waals surface area (Å²) in [5.41, 5.74) is 0.762. The third-order valence-electron chi connectivity index (χ3n) is 4.31. The van der Waals surface area contributed by atoms with Gasteiger partial charge < -0.3 is 15.4 Å². The molecule has 0 heterocycles. The van der Waals surface area contributed by atoms with E-state index in [0.717, 1.165) is 12.8 Å². The molecule has 0 aromatic heterocycles. The SMILES string of the molecule is C[C@H](NC(=O)c1ccccc1)C(=O)OC(C(=O)NC1CC1)c1ccc(F)cc1. The van der Waals surface area contributed by atoms with E-state index in [9.17, 15) is 18.8 Å². The van der Waals surface area contributed by atoms with Crippen LogP contribution in [0, 0.1) is 5.82 Å². The predicted molar refractivity (Wildman–Crippen MR) is 99.8 cm³/mol. The second-order valence-corrected chi connectivity index (χ2v) is 6.71. The topological polar surface area (TPSA) is 84.5 Å². The number of carbonyl (C=O) groups is 3. The Balaban J connectivity index is 1.68. The average Bonchev–Trinajstić information content (AvgIpc) is 3.51. The van der Waals surface area contributed by atoms with Crippen molar-refractivity contribution in [1.82, 2.24) is 10.6 Å². The smallest absolute Gasteiger partial charge is 0.329 e. The summed E-state index contributed by atoms with van der Waals surface area (Å²) in [7, 11) is 0. The Bertz CT molecular complexity index is 850. The number of benzene rings is 2. The molecule has 2 aromatic rings. The van der Waals surface area contributed by atoms with Crippen molar-refractivity contribution in [1.29, 1.82) is 0 Å². The maximum Gasteiger partial charge on any atom is 0.329 e. The van der Waals surface area contributed by atoms with Crippen molar-refractivity contribution in [2.45, 2.75) is 38.0 Å². The zero-order valence-corrected chi connectivity index (χ0v) is 15.4. The lowest BCUT2D eigenvalue weighted by molar-refractivity contribution is -0.158. The molecular formula is C21H21FN2O4. The highest BCUT2D eigenvalue weighted by Gasteiger charge is 2.32. The van der Waals surface area contributed by atoms with Gasteiger partial charge in [-0.15, -0.1) is 0 Å². The number of nitrogens with one attached hydrogen (secondary N) is 2. The van der Waals surface area contributed by atoms with Crippen LogP contribution in [0.5, 0.6) is 0 Å². The summed E-state index contributed by atoms with van der Waals surface area (Å²) in [5, 5.41) is 5.33. The van der Waals surface area contributed by atoms with Gasteiger partial charge in [-0.3, -0.25) is 9.59 Å². The van der Waals surface area contributed by atoms with Crippen LogP contribution < -0.4 is 10.6 Å². The van der Waals surface area contributed by atoms with Crippen LogP contribution in [0.25, 0.3) is 0 Å². The summed E-state index contributed by atoms with van der Waals surface area (Å²) in [6.07, 6.45) is 0.531. The third kappa shape index (κ3) is 5.16. The van der Waals surface area contributed by atoms with Crippen LogP contribution >= 0.6 is 0 Å². The fourth-order valence-corrected chi connectivity index (χ4v) is 2.56. The van der Waals surface area contributed by atoms with Crippen molar-refractivity contribution in [3.8, 4) is 0 Å². The largest absolute Gasteiger partial charge is 0.446 e. The summed E-state index contributed by atoms with van der Waals surface area (Å²) in [4.78, 5) is 37.2.